The molecule has 1 amide bonds. The molecular formula is C22H21N3O3. The molecule has 0 aliphatic carbocycles. The van der Waals surface area contributed by atoms with Crippen LogP contribution in [0, 0.1) is 0 Å². The van der Waals surface area contributed by atoms with Crippen molar-refractivity contribution in [2.45, 2.75) is 12.3 Å². The summed E-state index contributed by atoms with van der Waals surface area (Å²) in [4.78, 5) is 34.2. The standard InChI is InChI=1S/C22H21N3O3/c1-2-12-28-17-7-5-15(6-8-17)22(27)25-11-9-16(14-25)19-13-20-18(21(26)24-19)4-3-10-23-20/h2-8,10,13,16H,1,9,11-12,14H2,(H,24,26). The number of nitrogens with zero attached hydrogens (tertiary/aromatic N) is 2. The summed E-state index contributed by atoms with van der Waals surface area (Å²) in [5.74, 6) is 0.786. The van der Waals surface area contributed by atoms with E-state index in [-0.39, 0.29) is 17.4 Å². The molecule has 28 heavy (non-hydrogen) atoms. The number of ether oxygens (including phenoxy) is 1. The molecule has 1 atom stereocenters. The van der Waals surface area contributed by atoms with Crippen LogP contribution in [0.25, 0.3) is 10.9 Å². The first-order valence-corrected chi connectivity index (χ1v) is 9.26. The van der Waals surface area contributed by atoms with E-state index in [4.69, 9.17) is 4.74 Å². The summed E-state index contributed by atoms with van der Waals surface area (Å²) in [6, 6.07) is 12.6. The summed E-state index contributed by atoms with van der Waals surface area (Å²) >= 11 is 0. The fraction of sp³-hybridized carbons (Fsp3) is 0.227. The molecule has 142 valence electrons. The van der Waals surface area contributed by atoms with Gasteiger partial charge in [-0.3, -0.25) is 14.6 Å². The first-order valence-electron chi connectivity index (χ1n) is 9.26. The number of aromatic amines is 1. The van der Waals surface area contributed by atoms with Crippen molar-refractivity contribution in [3.63, 3.8) is 0 Å². The summed E-state index contributed by atoms with van der Waals surface area (Å²) < 4.78 is 5.45. The lowest BCUT2D eigenvalue weighted by molar-refractivity contribution is 0.0790. The number of pyridine rings is 2. The SMILES string of the molecule is C=CCOc1ccc(C(=O)N2CCC(c3cc4ncccc4c(=O)[nH]3)C2)cc1. The molecule has 0 spiro atoms. The highest BCUT2D eigenvalue weighted by atomic mass is 16.5. The van der Waals surface area contributed by atoms with Crippen molar-refractivity contribution < 1.29 is 9.53 Å². The molecule has 0 radical (unpaired) electrons. The summed E-state index contributed by atoms with van der Waals surface area (Å²) in [6.45, 7) is 5.27. The number of H-pyrrole nitrogens is 1. The van der Waals surface area contributed by atoms with Crippen molar-refractivity contribution in [1.29, 1.82) is 0 Å². The highest BCUT2D eigenvalue weighted by Gasteiger charge is 2.29. The first kappa shape index (κ1) is 18.0. The van der Waals surface area contributed by atoms with Crippen molar-refractivity contribution in [3.8, 4) is 5.75 Å². The Morgan fingerprint density at radius 2 is 2.14 bits per heavy atom. The number of carbonyl (C=O) groups is 1. The van der Waals surface area contributed by atoms with E-state index in [9.17, 15) is 9.59 Å². The summed E-state index contributed by atoms with van der Waals surface area (Å²) in [5.41, 5.74) is 2.00. The fourth-order valence-corrected chi connectivity index (χ4v) is 3.56. The minimum Gasteiger partial charge on any atom is -0.490 e. The Bertz CT molecular complexity index is 1070. The van der Waals surface area contributed by atoms with Crippen molar-refractivity contribution in [2.24, 2.45) is 0 Å². The average molecular weight is 375 g/mol. The molecule has 1 aliphatic rings. The van der Waals surface area contributed by atoms with Crippen molar-refractivity contribution >= 4 is 16.8 Å². The smallest absolute Gasteiger partial charge is 0.257 e. The van der Waals surface area contributed by atoms with E-state index in [2.05, 4.69) is 16.5 Å². The quantitative estimate of drug-likeness (QED) is 0.695. The maximum absolute atomic E-state index is 12.8. The predicted molar refractivity (Wildman–Crippen MR) is 108 cm³/mol. The first-order chi connectivity index (χ1) is 13.7. The maximum Gasteiger partial charge on any atom is 0.257 e. The zero-order chi connectivity index (χ0) is 19.5. The van der Waals surface area contributed by atoms with Gasteiger partial charge in [-0.25, -0.2) is 0 Å². The van der Waals surface area contributed by atoms with Crippen LogP contribution >= 0.6 is 0 Å². The van der Waals surface area contributed by atoms with Crippen LogP contribution in [0.3, 0.4) is 0 Å². The minimum absolute atomic E-state index is 0.0148. The monoisotopic (exact) mass is 375 g/mol. The Morgan fingerprint density at radius 3 is 2.93 bits per heavy atom. The largest absolute Gasteiger partial charge is 0.490 e. The molecule has 6 heteroatoms. The van der Waals surface area contributed by atoms with Crippen molar-refractivity contribution in [2.75, 3.05) is 19.7 Å². The highest BCUT2D eigenvalue weighted by Crippen LogP contribution is 2.28. The van der Waals surface area contributed by atoms with Crippen LogP contribution in [0.5, 0.6) is 5.75 Å². The number of fused-ring (bicyclic) bond motifs is 1. The number of hydrogen-bond acceptors (Lipinski definition) is 4. The number of rotatable bonds is 5. The van der Waals surface area contributed by atoms with Gasteiger partial charge in [-0.15, -0.1) is 0 Å². The van der Waals surface area contributed by atoms with Crippen molar-refractivity contribution in [1.82, 2.24) is 14.9 Å². The third-order valence-electron chi connectivity index (χ3n) is 5.02. The number of hydrogen-bond donors (Lipinski definition) is 1. The molecule has 1 unspecified atom stereocenters. The molecule has 4 rings (SSSR count). The third-order valence-corrected chi connectivity index (χ3v) is 5.02. The van der Waals surface area contributed by atoms with E-state index in [0.717, 1.165) is 12.1 Å². The predicted octanol–water partition coefficient (Wildman–Crippen LogP) is 3.12. The fourth-order valence-electron chi connectivity index (χ4n) is 3.56. The van der Waals surface area contributed by atoms with Gasteiger partial charge in [-0.05, 0) is 48.9 Å². The van der Waals surface area contributed by atoms with Crippen LogP contribution in [0.4, 0.5) is 0 Å². The van der Waals surface area contributed by atoms with Gasteiger partial charge in [0, 0.05) is 36.5 Å². The van der Waals surface area contributed by atoms with E-state index in [1.54, 1.807) is 48.7 Å². The Kier molecular flexibility index (Phi) is 4.93. The summed E-state index contributed by atoms with van der Waals surface area (Å²) in [6.07, 6.45) is 4.16. The topological polar surface area (TPSA) is 75.3 Å². The van der Waals surface area contributed by atoms with E-state index >= 15 is 0 Å². The van der Waals surface area contributed by atoms with Gasteiger partial charge >= 0.3 is 0 Å². The Morgan fingerprint density at radius 1 is 1.32 bits per heavy atom. The molecule has 0 saturated carbocycles. The van der Waals surface area contributed by atoms with Gasteiger partial charge in [0.1, 0.15) is 12.4 Å². The Balaban J connectivity index is 1.48. The van der Waals surface area contributed by atoms with Gasteiger partial charge < -0.3 is 14.6 Å². The van der Waals surface area contributed by atoms with Crippen LogP contribution in [-0.4, -0.2) is 40.5 Å². The zero-order valence-corrected chi connectivity index (χ0v) is 15.4. The molecule has 6 nitrogen and oxygen atoms in total. The van der Waals surface area contributed by atoms with Gasteiger partial charge in [-0.1, -0.05) is 12.7 Å². The molecule has 1 aromatic carbocycles. The normalized spacial score (nSPS) is 16.3. The number of benzene rings is 1. The highest BCUT2D eigenvalue weighted by molar-refractivity contribution is 5.94. The van der Waals surface area contributed by atoms with E-state index in [0.29, 0.717) is 41.9 Å². The number of nitrogens with one attached hydrogen (secondary N) is 1. The van der Waals surface area contributed by atoms with Gasteiger partial charge in [0.15, 0.2) is 0 Å². The van der Waals surface area contributed by atoms with Crippen molar-refractivity contribution in [3.05, 3.63) is 82.9 Å². The van der Waals surface area contributed by atoms with E-state index < -0.39 is 0 Å². The number of amides is 1. The van der Waals surface area contributed by atoms with E-state index in [1.165, 1.54) is 0 Å². The Hall–Kier alpha value is -3.41. The number of aromatic nitrogens is 2. The minimum atomic E-state index is -0.138. The number of carbonyl (C=O) groups excluding carboxylic acids is 1. The molecule has 3 aromatic rings. The molecule has 2 aromatic heterocycles. The second-order valence-corrected chi connectivity index (χ2v) is 6.85. The second kappa shape index (κ2) is 7.68. The maximum atomic E-state index is 12.8. The molecule has 3 heterocycles. The molecule has 0 bridgehead atoms. The van der Waals surface area contributed by atoms with Crippen LogP contribution in [-0.2, 0) is 0 Å². The molecule has 1 N–H and O–H groups in total. The molecule has 1 saturated heterocycles. The lowest BCUT2D eigenvalue weighted by Gasteiger charge is -2.17. The Labute approximate surface area is 162 Å². The lowest BCUT2D eigenvalue weighted by atomic mass is 10.0. The van der Waals surface area contributed by atoms with Crippen LogP contribution in [0.1, 0.15) is 28.4 Å². The summed E-state index contributed by atoms with van der Waals surface area (Å²) in [7, 11) is 0. The molecule has 1 fully saturated rings. The third kappa shape index (κ3) is 3.53. The van der Waals surface area contributed by atoms with Crippen LogP contribution < -0.4 is 10.3 Å². The van der Waals surface area contributed by atoms with Gasteiger partial charge in [-0.2, -0.15) is 0 Å². The number of likely N-dealkylation sites (tertiary alicyclic amines) is 1. The van der Waals surface area contributed by atoms with E-state index in [1.807, 2.05) is 11.0 Å². The second-order valence-electron chi connectivity index (χ2n) is 6.85. The molecule has 1 aliphatic heterocycles. The molecular weight excluding hydrogens is 354 g/mol. The van der Waals surface area contributed by atoms with Crippen LogP contribution in [0.2, 0.25) is 0 Å². The summed E-state index contributed by atoms with van der Waals surface area (Å²) in [5, 5.41) is 0.580. The van der Waals surface area contributed by atoms with Gasteiger partial charge in [0.05, 0.1) is 10.9 Å². The van der Waals surface area contributed by atoms with Crippen LogP contribution in [0.15, 0.2) is 66.1 Å². The lowest BCUT2D eigenvalue weighted by Crippen LogP contribution is -2.28. The van der Waals surface area contributed by atoms with Gasteiger partial charge in [0.25, 0.3) is 11.5 Å². The zero-order valence-electron chi connectivity index (χ0n) is 15.4. The van der Waals surface area contributed by atoms with Gasteiger partial charge in [0.2, 0.25) is 0 Å². The average Bonchev–Trinajstić information content (AvgIpc) is 3.22.